The highest BCUT2D eigenvalue weighted by atomic mass is 32.1. The number of carbonyl (C=O) groups excluding carboxylic acids is 1. The number of nitrogens with one attached hydrogen (secondary N) is 2. The van der Waals surface area contributed by atoms with Gasteiger partial charge in [0.1, 0.15) is 10.3 Å². The monoisotopic (exact) mass is 327 g/mol. The third-order valence-corrected chi connectivity index (χ3v) is 4.27. The van der Waals surface area contributed by atoms with Gasteiger partial charge in [0.2, 0.25) is 0 Å². The number of hydrogen-bond donors (Lipinski definition) is 2. The second-order valence-electron chi connectivity index (χ2n) is 4.82. The fraction of sp³-hybridized carbons (Fsp3) is 0.0769. The van der Waals surface area contributed by atoms with E-state index in [4.69, 9.17) is 0 Å². The topological polar surface area (TPSA) is 118 Å². The van der Waals surface area contributed by atoms with Crippen molar-refractivity contribution in [2.24, 2.45) is 0 Å². The molecule has 4 rings (SSSR count). The maximum atomic E-state index is 12.6. The Morgan fingerprint density at radius 1 is 1.39 bits per heavy atom. The van der Waals surface area contributed by atoms with Crippen LogP contribution < -0.4 is 10.9 Å². The van der Waals surface area contributed by atoms with Crippen LogP contribution in [0.5, 0.6) is 0 Å². The molecule has 23 heavy (non-hydrogen) atoms. The summed E-state index contributed by atoms with van der Waals surface area (Å²) >= 11 is 1.38. The average molecular weight is 327 g/mol. The third kappa shape index (κ3) is 2.25. The van der Waals surface area contributed by atoms with Crippen molar-refractivity contribution < 1.29 is 4.79 Å². The summed E-state index contributed by atoms with van der Waals surface area (Å²) in [5.41, 5.74) is 1.24. The van der Waals surface area contributed by atoms with Crippen LogP contribution in [0.2, 0.25) is 0 Å². The van der Waals surface area contributed by atoms with E-state index in [1.807, 2.05) is 13.0 Å². The molecule has 4 heterocycles. The number of aromatic nitrogens is 6. The molecule has 0 saturated heterocycles. The number of fused-ring (bicyclic) bond motifs is 2. The fourth-order valence-corrected chi connectivity index (χ4v) is 3.13. The molecule has 0 bridgehead atoms. The summed E-state index contributed by atoms with van der Waals surface area (Å²) in [5, 5.41) is 15.4. The van der Waals surface area contributed by atoms with Crippen molar-refractivity contribution in [3.05, 3.63) is 45.2 Å². The number of pyridine rings is 1. The minimum absolute atomic E-state index is 0.0601. The third-order valence-electron chi connectivity index (χ3n) is 3.24. The number of nitrogens with zero attached hydrogens (tertiary/aromatic N) is 5. The molecule has 0 fully saturated rings. The second-order valence-corrected chi connectivity index (χ2v) is 6.08. The minimum Gasteiger partial charge on any atom is -0.288 e. The predicted octanol–water partition coefficient (Wildman–Crippen LogP) is 0.983. The number of thiophene rings is 1. The standard InChI is InChI=1S/C13H9N7O2S/c1-6-4-8-10(23-6)12(22)20-5-7(2-3-9(20)14-8)11(21)15-13-16-18-19-17-13/h2-5H,1H3,(H2,15,16,17,18,19,21). The molecule has 1 amide bonds. The first kappa shape index (κ1) is 13.5. The van der Waals surface area contributed by atoms with Crippen LogP contribution in [0.4, 0.5) is 5.95 Å². The Bertz CT molecular complexity index is 1100. The second kappa shape index (κ2) is 4.95. The number of rotatable bonds is 2. The summed E-state index contributed by atoms with van der Waals surface area (Å²) in [7, 11) is 0. The zero-order valence-electron chi connectivity index (χ0n) is 11.8. The molecule has 0 aliphatic heterocycles. The van der Waals surface area contributed by atoms with E-state index in [0.717, 1.165) is 4.88 Å². The summed E-state index contributed by atoms with van der Waals surface area (Å²) < 4.78 is 1.93. The lowest BCUT2D eigenvalue weighted by atomic mass is 10.2. The van der Waals surface area contributed by atoms with Gasteiger partial charge >= 0.3 is 0 Å². The highest BCUT2D eigenvalue weighted by Crippen LogP contribution is 2.20. The van der Waals surface area contributed by atoms with Gasteiger partial charge in [0.25, 0.3) is 17.4 Å². The van der Waals surface area contributed by atoms with Crippen molar-refractivity contribution in [2.45, 2.75) is 6.92 Å². The van der Waals surface area contributed by atoms with Crippen molar-refractivity contribution >= 4 is 39.1 Å². The van der Waals surface area contributed by atoms with Gasteiger partial charge in [-0.05, 0) is 30.3 Å². The Labute approximate surface area is 132 Å². The number of hydrogen-bond acceptors (Lipinski definition) is 7. The van der Waals surface area contributed by atoms with E-state index in [1.165, 1.54) is 21.9 Å². The van der Waals surface area contributed by atoms with Gasteiger partial charge in [-0.2, -0.15) is 5.21 Å². The fourth-order valence-electron chi connectivity index (χ4n) is 2.24. The molecule has 0 saturated carbocycles. The molecule has 0 unspecified atom stereocenters. The molecule has 0 aromatic carbocycles. The summed E-state index contributed by atoms with van der Waals surface area (Å²) in [5.74, 6) is -0.382. The number of H-pyrrole nitrogens is 1. The van der Waals surface area contributed by atoms with Crippen molar-refractivity contribution in [3.8, 4) is 0 Å². The first-order valence-electron chi connectivity index (χ1n) is 6.59. The maximum Gasteiger partial charge on any atom is 0.275 e. The van der Waals surface area contributed by atoms with E-state index in [-0.39, 0.29) is 11.5 Å². The van der Waals surface area contributed by atoms with Crippen molar-refractivity contribution in [2.75, 3.05) is 5.32 Å². The molecule has 4 aromatic heterocycles. The van der Waals surface area contributed by atoms with Crippen LogP contribution >= 0.6 is 11.3 Å². The molecule has 0 aliphatic rings. The molecule has 10 heteroatoms. The van der Waals surface area contributed by atoms with E-state index in [2.05, 4.69) is 30.9 Å². The smallest absolute Gasteiger partial charge is 0.275 e. The van der Waals surface area contributed by atoms with Crippen LogP contribution in [-0.4, -0.2) is 35.9 Å². The number of aryl methyl sites for hydroxylation is 1. The molecule has 0 radical (unpaired) electrons. The normalized spacial score (nSPS) is 11.2. The van der Waals surface area contributed by atoms with E-state index in [9.17, 15) is 9.59 Å². The molecule has 9 nitrogen and oxygen atoms in total. The predicted molar refractivity (Wildman–Crippen MR) is 83.7 cm³/mol. The Morgan fingerprint density at radius 2 is 2.26 bits per heavy atom. The Morgan fingerprint density at radius 3 is 3.04 bits per heavy atom. The quantitative estimate of drug-likeness (QED) is 0.567. The zero-order chi connectivity index (χ0) is 16.0. The Hall–Kier alpha value is -3.14. The number of tetrazole rings is 1. The van der Waals surface area contributed by atoms with Crippen LogP contribution in [0, 0.1) is 6.92 Å². The van der Waals surface area contributed by atoms with Gasteiger partial charge in [0.05, 0.1) is 11.1 Å². The van der Waals surface area contributed by atoms with Crippen LogP contribution in [0.3, 0.4) is 0 Å². The molecular formula is C13H9N7O2S. The van der Waals surface area contributed by atoms with Crippen molar-refractivity contribution in [1.29, 1.82) is 0 Å². The van der Waals surface area contributed by atoms with Gasteiger partial charge in [-0.3, -0.25) is 19.3 Å². The maximum absolute atomic E-state index is 12.6. The van der Waals surface area contributed by atoms with Gasteiger partial charge in [-0.1, -0.05) is 5.10 Å². The number of aromatic amines is 1. The lowest BCUT2D eigenvalue weighted by Crippen LogP contribution is -2.18. The summed E-state index contributed by atoms with van der Waals surface area (Å²) in [4.78, 5) is 30.2. The molecular weight excluding hydrogens is 318 g/mol. The van der Waals surface area contributed by atoms with Gasteiger partial charge in [-0.15, -0.1) is 16.4 Å². The zero-order valence-corrected chi connectivity index (χ0v) is 12.6. The molecule has 0 spiro atoms. The van der Waals surface area contributed by atoms with E-state index in [1.54, 1.807) is 12.1 Å². The number of anilines is 1. The van der Waals surface area contributed by atoms with Crippen LogP contribution in [-0.2, 0) is 0 Å². The van der Waals surface area contributed by atoms with Gasteiger partial charge in [0, 0.05) is 11.1 Å². The average Bonchev–Trinajstić information content (AvgIpc) is 3.16. The molecule has 2 N–H and O–H groups in total. The van der Waals surface area contributed by atoms with Gasteiger partial charge in [0.15, 0.2) is 0 Å². The SMILES string of the molecule is Cc1cc2nc3ccc(C(=O)Nc4nn[nH]n4)cn3c(=O)c2s1. The van der Waals surface area contributed by atoms with Crippen LogP contribution in [0.25, 0.3) is 15.9 Å². The van der Waals surface area contributed by atoms with Crippen LogP contribution in [0.15, 0.2) is 29.2 Å². The summed E-state index contributed by atoms with van der Waals surface area (Å²) in [6, 6.07) is 5.08. The van der Waals surface area contributed by atoms with E-state index in [0.29, 0.717) is 21.4 Å². The number of carbonyl (C=O) groups is 1. The summed E-state index contributed by atoms with van der Waals surface area (Å²) in [6.45, 7) is 1.92. The number of amides is 1. The minimum atomic E-state index is -0.442. The molecule has 4 aromatic rings. The lowest BCUT2D eigenvalue weighted by Gasteiger charge is -2.04. The van der Waals surface area contributed by atoms with Crippen molar-refractivity contribution in [3.63, 3.8) is 0 Å². The lowest BCUT2D eigenvalue weighted by molar-refractivity contribution is 0.102. The first-order chi connectivity index (χ1) is 11.1. The first-order valence-corrected chi connectivity index (χ1v) is 7.41. The Balaban J connectivity index is 1.83. The van der Waals surface area contributed by atoms with E-state index >= 15 is 0 Å². The molecule has 114 valence electrons. The van der Waals surface area contributed by atoms with Crippen molar-refractivity contribution in [1.82, 2.24) is 30.0 Å². The Kier molecular flexibility index (Phi) is 2.91. The van der Waals surface area contributed by atoms with E-state index < -0.39 is 5.91 Å². The molecule has 0 aliphatic carbocycles. The highest BCUT2D eigenvalue weighted by Gasteiger charge is 2.13. The highest BCUT2D eigenvalue weighted by molar-refractivity contribution is 7.18. The van der Waals surface area contributed by atoms with Gasteiger partial charge < -0.3 is 0 Å². The summed E-state index contributed by atoms with van der Waals surface area (Å²) in [6.07, 6.45) is 1.45. The van der Waals surface area contributed by atoms with Crippen LogP contribution in [0.1, 0.15) is 15.2 Å². The van der Waals surface area contributed by atoms with Gasteiger partial charge in [-0.25, -0.2) is 4.98 Å². The largest absolute Gasteiger partial charge is 0.288 e. The molecule has 0 atom stereocenters.